The number of hydrogen-bond acceptors (Lipinski definition) is 1. The molecular weight excluding hydrogens is 256 g/mol. The van der Waals surface area contributed by atoms with Crippen molar-refractivity contribution in [2.24, 2.45) is 5.41 Å². The van der Waals surface area contributed by atoms with E-state index in [-0.39, 0.29) is 0 Å². The minimum Gasteiger partial charge on any atom is -0.157 e. The highest BCUT2D eigenvalue weighted by molar-refractivity contribution is 9.09. The predicted octanol–water partition coefficient (Wildman–Crippen LogP) is 4.09. The van der Waals surface area contributed by atoms with E-state index in [0.29, 0.717) is 5.41 Å². The third-order valence-electron chi connectivity index (χ3n) is 2.76. The topological polar surface area (TPSA) is 0 Å². The fourth-order valence-corrected chi connectivity index (χ4v) is 3.83. The van der Waals surface area contributed by atoms with Gasteiger partial charge >= 0.3 is 0 Å². The van der Waals surface area contributed by atoms with E-state index in [4.69, 9.17) is 0 Å². The van der Waals surface area contributed by atoms with E-state index in [1.165, 1.54) is 29.5 Å². The molecule has 1 saturated carbocycles. The molecule has 0 amide bonds. The van der Waals surface area contributed by atoms with Gasteiger partial charge in [-0.2, -0.15) is 11.8 Å². The molecule has 1 aliphatic rings. The molecule has 0 nitrogen and oxygen atoms in total. The van der Waals surface area contributed by atoms with Crippen molar-refractivity contribution >= 4 is 27.7 Å². The molecule has 0 saturated heterocycles. The van der Waals surface area contributed by atoms with Crippen LogP contribution in [0.4, 0.5) is 0 Å². The van der Waals surface area contributed by atoms with Crippen molar-refractivity contribution in [2.75, 3.05) is 11.1 Å². The Hall–Kier alpha value is 0.0500. The maximum absolute atomic E-state index is 3.61. The first-order chi connectivity index (χ1) is 6.85. The molecule has 0 atom stereocenters. The Kier molecular flexibility index (Phi) is 3.56. The van der Waals surface area contributed by atoms with Crippen LogP contribution >= 0.6 is 27.7 Å². The van der Waals surface area contributed by atoms with Gasteiger partial charge in [-0.1, -0.05) is 46.3 Å². The van der Waals surface area contributed by atoms with Gasteiger partial charge in [-0.25, -0.2) is 0 Å². The number of alkyl halides is 1. The monoisotopic (exact) mass is 270 g/mol. The van der Waals surface area contributed by atoms with E-state index < -0.39 is 0 Å². The molecule has 0 aliphatic heterocycles. The summed E-state index contributed by atoms with van der Waals surface area (Å²) in [6.07, 6.45) is 2.83. The summed E-state index contributed by atoms with van der Waals surface area (Å²) in [6.45, 7) is 0. The first-order valence-electron chi connectivity index (χ1n) is 5.02. The van der Waals surface area contributed by atoms with E-state index in [1.807, 2.05) is 0 Å². The van der Waals surface area contributed by atoms with Crippen LogP contribution in [0.1, 0.15) is 18.4 Å². The van der Waals surface area contributed by atoms with Gasteiger partial charge in [0.2, 0.25) is 0 Å². The zero-order valence-corrected chi connectivity index (χ0v) is 10.6. The summed E-state index contributed by atoms with van der Waals surface area (Å²) in [4.78, 5) is 0. The standard InChI is InChI=1S/C12H15BrS/c13-9-12(6-7-12)10-14-8-11-4-2-1-3-5-11/h1-5H,6-10H2. The Bertz CT molecular complexity index is 280. The molecule has 1 aromatic carbocycles. The van der Waals surface area contributed by atoms with Crippen LogP contribution in [0.3, 0.4) is 0 Å². The summed E-state index contributed by atoms with van der Waals surface area (Å²) < 4.78 is 0. The number of hydrogen-bond donors (Lipinski definition) is 0. The zero-order chi connectivity index (χ0) is 9.86. The molecule has 0 radical (unpaired) electrons. The van der Waals surface area contributed by atoms with Crippen molar-refractivity contribution in [2.45, 2.75) is 18.6 Å². The second-order valence-corrected chi connectivity index (χ2v) is 5.66. The van der Waals surface area contributed by atoms with Crippen molar-refractivity contribution in [3.8, 4) is 0 Å². The van der Waals surface area contributed by atoms with Gasteiger partial charge in [-0.05, 0) is 23.8 Å². The van der Waals surface area contributed by atoms with Crippen LogP contribution < -0.4 is 0 Å². The first kappa shape index (κ1) is 10.6. The Morgan fingerprint density at radius 2 is 1.93 bits per heavy atom. The van der Waals surface area contributed by atoms with Crippen LogP contribution in [0.15, 0.2) is 30.3 Å². The maximum Gasteiger partial charge on any atom is 0.0184 e. The SMILES string of the molecule is BrCC1(CSCc2ccccc2)CC1. The van der Waals surface area contributed by atoms with Crippen LogP contribution in [-0.2, 0) is 5.75 Å². The number of benzene rings is 1. The van der Waals surface area contributed by atoms with Crippen molar-refractivity contribution < 1.29 is 0 Å². The molecule has 1 aromatic rings. The van der Waals surface area contributed by atoms with Crippen LogP contribution in [-0.4, -0.2) is 11.1 Å². The van der Waals surface area contributed by atoms with Gasteiger partial charge in [0.25, 0.3) is 0 Å². The molecule has 1 aliphatic carbocycles. The lowest BCUT2D eigenvalue weighted by molar-refractivity contribution is 0.686. The maximum atomic E-state index is 3.61. The van der Waals surface area contributed by atoms with Crippen molar-refractivity contribution in [3.05, 3.63) is 35.9 Å². The minimum absolute atomic E-state index is 0.652. The van der Waals surface area contributed by atoms with Gasteiger partial charge in [0.05, 0.1) is 0 Å². The Morgan fingerprint density at radius 1 is 1.21 bits per heavy atom. The minimum atomic E-state index is 0.652. The van der Waals surface area contributed by atoms with Crippen LogP contribution in [0.25, 0.3) is 0 Å². The summed E-state index contributed by atoms with van der Waals surface area (Å²) in [5.41, 5.74) is 2.10. The van der Waals surface area contributed by atoms with E-state index in [2.05, 4.69) is 58.0 Å². The van der Waals surface area contributed by atoms with Gasteiger partial charge in [-0.3, -0.25) is 0 Å². The van der Waals surface area contributed by atoms with Gasteiger partial charge in [0, 0.05) is 16.8 Å². The Labute approximate surface area is 98.6 Å². The van der Waals surface area contributed by atoms with Gasteiger partial charge in [0.15, 0.2) is 0 Å². The van der Waals surface area contributed by atoms with Crippen LogP contribution in [0, 0.1) is 5.41 Å². The fourth-order valence-electron chi connectivity index (χ4n) is 1.45. The molecule has 1 fully saturated rings. The average molecular weight is 271 g/mol. The Morgan fingerprint density at radius 3 is 2.50 bits per heavy atom. The summed E-state index contributed by atoms with van der Waals surface area (Å²) in [7, 11) is 0. The molecule has 0 heterocycles. The molecule has 0 N–H and O–H groups in total. The highest BCUT2D eigenvalue weighted by Crippen LogP contribution is 2.49. The smallest absolute Gasteiger partial charge is 0.0184 e. The lowest BCUT2D eigenvalue weighted by Crippen LogP contribution is -2.05. The fraction of sp³-hybridized carbons (Fsp3) is 0.500. The van der Waals surface area contributed by atoms with Gasteiger partial charge < -0.3 is 0 Å². The van der Waals surface area contributed by atoms with Crippen molar-refractivity contribution in [3.63, 3.8) is 0 Å². The second kappa shape index (κ2) is 4.71. The normalized spacial score (nSPS) is 18.1. The molecule has 2 rings (SSSR count). The van der Waals surface area contributed by atoms with Crippen LogP contribution in [0.5, 0.6) is 0 Å². The zero-order valence-electron chi connectivity index (χ0n) is 8.21. The summed E-state index contributed by atoms with van der Waals surface area (Å²) in [5, 5.41) is 1.18. The number of thioether (sulfide) groups is 1. The molecule has 0 unspecified atom stereocenters. The van der Waals surface area contributed by atoms with Gasteiger partial charge in [-0.15, -0.1) is 0 Å². The first-order valence-corrected chi connectivity index (χ1v) is 7.30. The lowest BCUT2D eigenvalue weighted by atomic mass is 10.2. The van der Waals surface area contributed by atoms with Gasteiger partial charge in [0.1, 0.15) is 0 Å². The highest BCUT2D eigenvalue weighted by atomic mass is 79.9. The van der Waals surface area contributed by atoms with Crippen molar-refractivity contribution in [1.82, 2.24) is 0 Å². The van der Waals surface area contributed by atoms with Crippen molar-refractivity contribution in [1.29, 1.82) is 0 Å². The molecule has 0 bridgehead atoms. The van der Waals surface area contributed by atoms with E-state index in [0.717, 1.165) is 5.75 Å². The third-order valence-corrected chi connectivity index (χ3v) is 5.30. The summed E-state index contributed by atoms with van der Waals surface area (Å²) in [5.74, 6) is 2.47. The largest absolute Gasteiger partial charge is 0.157 e. The lowest BCUT2D eigenvalue weighted by Gasteiger charge is -2.10. The summed E-state index contributed by atoms with van der Waals surface area (Å²) in [6, 6.07) is 10.7. The van der Waals surface area contributed by atoms with E-state index >= 15 is 0 Å². The number of rotatable bonds is 5. The third kappa shape index (κ3) is 2.77. The predicted molar refractivity (Wildman–Crippen MR) is 68.1 cm³/mol. The average Bonchev–Trinajstić information content (AvgIpc) is 3.00. The summed E-state index contributed by atoms with van der Waals surface area (Å²) >= 11 is 5.68. The highest BCUT2D eigenvalue weighted by Gasteiger charge is 2.40. The molecule has 0 spiro atoms. The molecular formula is C12H15BrS. The molecule has 0 aromatic heterocycles. The number of halogens is 1. The quantitative estimate of drug-likeness (QED) is 0.727. The van der Waals surface area contributed by atoms with E-state index in [9.17, 15) is 0 Å². The molecule has 14 heavy (non-hydrogen) atoms. The molecule has 2 heteroatoms. The molecule has 76 valence electrons. The van der Waals surface area contributed by atoms with Crippen LogP contribution in [0.2, 0.25) is 0 Å². The van der Waals surface area contributed by atoms with E-state index in [1.54, 1.807) is 0 Å². The Balaban J connectivity index is 1.73. The second-order valence-electron chi connectivity index (χ2n) is 4.11.